The molecule has 0 radical (unpaired) electrons. The zero-order valence-electron chi connectivity index (χ0n) is 12.9. The molecule has 0 aromatic heterocycles. The Labute approximate surface area is 130 Å². The Kier molecular flexibility index (Phi) is 6.26. The molecule has 0 amide bonds. The predicted octanol–water partition coefficient (Wildman–Crippen LogP) is 1.39. The molecule has 22 heavy (non-hydrogen) atoms. The molecule has 0 spiro atoms. The van der Waals surface area contributed by atoms with Gasteiger partial charge in [0, 0.05) is 38.8 Å². The number of halogens is 2. The second-order valence-corrected chi connectivity index (χ2v) is 5.77. The summed E-state index contributed by atoms with van der Waals surface area (Å²) in [4.78, 5) is 4.35. The molecule has 2 atom stereocenters. The minimum atomic E-state index is -0.935. The van der Waals surface area contributed by atoms with Gasteiger partial charge in [-0.15, -0.1) is 0 Å². The number of piperazine rings is 1. The molecule has 2 N–H and O–H groups in total. The van der Waals surface area contributed by atoms with Gasteiger partial charge in [-0.1, -0.05) is 13.0 Å². The lowest BCUT2D eigenvalue weighted by atomic mass is 10.1. The highest BCUT2D eigenvalue weighted by molar-refractivity contribution is 5.20. The van der Waals surface area contributed by atoms with Crippen LogP contribution in [0.4, 0.5) is 8.78 Å². The van der Waals surface area contributed by atoms with Crippen molar-refractivity contribution in [1.29, 1.82) is 0 Å². The topological polar surface area (TPSA) is 46.9 Å². The van der Waals surface area contributed by atoms with E-state index in [1.165, 1.54) is 6.07 Å². The molecular weight excluding hydrogens is 290 g/mol. The SMILES string of the molecule is CCC(CO)N1CCN(CC(O)c2ccc(F)c(F)c2)CC1. The van der Waals surface area contributed by atoms with Gasteiger partial charge in [0.15, 0.2) is 11.6 Å². The zero-order chi connectivity index (χ0) is 16.1. The quantitative estimate of drug-likeness (QED) is 0.833. The molecule has 0 saturated carbocycles. The van der Waals surface area contributed by atoms with Gasteiger partial charge in [0.25, 0.3) is 0 Å². The molecule has 0 bridgehead atoms. The minimum Gasteiger partial charge on any atom is -0.395 e. The van der Waals surface area contributed by atoms with E-state index in [0.717, 1.165) is 44.7 Å². The Morgan fingerprint density at radius 2 is 1.82 bits per heavy atom. The third-order valence-corrected chi connectivity index (χ3v) is 4.36. The lowest BCUT2D eigenvalue weighted by Crippen LogP contribution is -2.51. The highest BCUT2D eigenvalue weighted by Gasteiger charge is 2.24. The molecule has 4 nitrogen and oxygen atoms in total. The standard InChI is InChI=1S/C16H24F2N2O2/c1-2-13(11-21)20-7-5-19(6-8-20)10-16(22)12-3-4-14(17)15(18)9-12/h3-4,9,13,16,21-22H,2,5-8,10-11H2,1H3. The number of hydrogen-bond acceptors (Lipinski definition) is 4. The first kappa shape index (κ1) is 17.3. The molecule has 1 aromatic carbocycles. The third-order valence-electron chi connectivity index (χ3n) is 4.36. The van der Waals surface area contributed by atoms with Gasteiger partial charge in [-0.25, -0.2) is 8.78 Å². The van der Waals surface area contributed by atoms with E-state index in [-0.39, 0.29) is 12.6 Å². The fraction of sp³-hybridized carbons (Fsp3) is 0.625. The van der Waals surface area contributed by atoms with Gasteiger partial charge in [-0.2, -0.15) is 0 Å². The van der Waals surface area contributed by atoms with E-state index in [1.807, 2.05) is 0 Å². The highest BCUT2D eigenvalue weighted by atomic mass is 19.2. The van der Waals surface area contributed by atoms with E-state index in [4.69, 9.17) is 0 Å². The first-order valence-electron chi connectivity index (χ1n) is 7.75. The summed E-state index contributed by atoms with van der Waals surface area (Å²) >= 11 is 0. The summed E-state index contributed by atoms with van der Waals surface area (Å²) < 4.78 is 26.1. The van der Waals surface area contributed by atoms with Crippen LogP contribution in [0.2, 0.25) is 0 Å². The Morgan fingerprint density at radius 1 is 1.14 bits per heavy atom. The van der Waals surface area contributed by atoms with Crippen LogP contribution in [0.25, 0.3) is 0 Å². The molecule has 0 aliphatic carbocycles. The minimum absolute atomic E-state index is 0.161. The monoisotopic (exact) mass is 314 g/mol. The summed E-state index contributed by atoms with van der Waals surface area (Å²) in [6, 6.07) is 3.70. The fourth-order valence-electron chi connectivity index (χ4n) is 2.88. The summed E-state index contributed by atoms with van der Waals surface area (Å²) in [6.45, 7) is 5.87. The summed E-state index contributed by atoms with van der Waals surface area (Å²) in [5.41, 5.74) is 0.392. The molecular formula is C16H24F2N2O2. The van der Waals surface area contributed by atoms with Crippen LogP contribution in [0.15, 0.2) is 18.2 Å². The Morgan fingerprint density at radius 3 is 2.36 bits per heavy atom. The van der Waals surface area contributed by atoms with Gasteiger partial charge >= 0.3 is 0 Å². The number of hydrogen-bond donors (Lipinski definition) is 2. The van der Waals surface area contributed by atoms with Crippen LogP contribution in [-0.2, 0) is 0 Å². The Balaban J connectivity index is 1.86. The van der Waals surface area contributed by atoms with Gasteiger partial charge < -0.3 is 10.2 Å². The van der Waals surface area contributed by atoms with Crippen LogP contribution in [0.5, 0.6) is 0 Å². The average molecular weight is 314 g/mol. The molecule has 124 valence electrons. The van der Waals surface area contributed by atoms with E-state index >= 15 is 0 Å². The Hall–Kier alpha value is -1.08. The summed E-state index contributed by atoms with van der Waals surface area (Å²) in [7, 11) is 0. The van der Waals surface area contributed by atoms with Gasteiger partial charge in [-0.3, -0.25) is 9.80 Å². The molecule has 1 heterocycles. The lowest BCUT2D eigenvalue weighted by molar-refractivity contribution is 0.0393. The number of aliphatic hydroxyl groups is 2. The van der Waals surface area contributed by atoms with Crippen LogP contribution in [0.3, 0.4) is 0 Å². The van der Waals surface area contributed by atoms with E-state index in [0.29, 0.717) is 12.1 Å². The zero-order valence-corrected chi connectivity index (χ0v) is 12.9. The van der Waals surface area contributed by atoms with Crippen molar-refractivity contribution >= 4 is 0 Å². The first-order chi connectivity index (χ1) is 10.5. The predicted molar refractivity (Wildman–Crippen MR) is 80.5 cm³/mol. The second kappa shape index (κ2) is 7.97. The van der Waals surface area contributed by atoms with Crippen molar-refractivity contribution in [3.63, 3.8) is 0 Å². The summed E-state index contributed by atoms with van der Waals surface area (Å²) in [5, 5.41) is 19.5. The van der Waals surface area contributed by atoms with E-state index in [2.05, 4.69) is 16.7 Å². The number of β-amino-alcohol motifs (C(OH)–C–C–N with tert-alkyl or cyclic N) is 1. The Bertz CT molecular complexity index is 475. The first-order valence-corrected chi connectivity index (χ1v) is 7.75. The van der Waals surface area contributed by atoms with E-state index in [9.17, 15) is 19.0 Å². The van der Waals surface area contributed by atoms with Crippen molar-refractivity contribution in [3.8, 4) is 0 Å². The number of benzene rings is 1. The molecule has 2 rings (SSSR count). The van der Waals surface area contributed by atoms with Crippen LogP contribution >= 0.6 is 0 Å². The molecule has 6 heteroatoms. The van der Waals surface area contributed by atoms with Gasteiger partial charge in [-0.05, 0) is 24.1 Å². The van der Waals surface area contributed by atoms with Crippen molar-refractivity contribution in [3.05, 3.63) is 35.4 Å². The van der Waals surface area contributed by atoms with Gasteiger partial charge in [0.1, 0.15) is 0 Å². The van der Waals surface area contributed by atoms with Crippen LogP contribution in [0.1, 0.15) is 25.0 Å². The number of rotatable bonds is 6. The molecule has 1 aliphatic heterocycles. The van der Waals surface area contributed by atoms with E-state index < -0.39 is 17.7 Å². The lowest BCUT2D eigenvalue weighted by Gasteiger charge is -2.39. The smallest absolute Gasteiger partial charge is 0.159 e. The third kappa shape index (κ3) is 4.23. The molecule has 1 fully saturated rings. The van der Waals surface area contributed by atoms with Crippen LogP contribution in [-0.4, -0.2) is 65.4 Å². The molecule has 2 unspecified atom stereocenters. The molecule has 1 saturated heterocycles. The highest BCUT2D eigenvalue weighted by Crippen LogP contribution is 2.18. The second-order valence-electron chi connectivity index (χ2n) is 5.77. The van der Waals surface area contributed by atoms with Crippen molar-refractivity contribution < 1.29 is 19.0 Å². The maximum Gasteiger partial charge on any atom is 0.159 e. The molecule has 1 aromatic rings. The fourth-order valence-corrected chi connectivity index (χ4v) is 2.88. The largest absolute Gasteiger partial charge is 0.395 e. The summed E-state index contributed by atoms with van der Waals surface area (Å²) in [6.07, 6.45) is 0.0787. The van der Waals surface area contributed by atoms with Gasteiger partial charge in [0.2, 0.25) is 0 Å². The number of nitrogens with zero attached hydrogens (tertiary/aromatic N) is 2. The average Bonchev–Trinajstić information content (AvgIpc) is 2.52. The molecule has 1 aliphatic rings. The normalized spacial score (nSPS) is 20.0. The van der Waals surface area contributed by atoms with Crippen LogP contribution < -0.4 is 0 Å². The van der Waals surface area contributed by atoms with Gasteiger partial charge in [0.05, 0.1) is 12.7 Å². The summed E-state index contributed by atoms with van der Waals surface area (Å²) in [5.74, 6) is -1.84. The van der Waals surface area contributed by atoms with E-state index in [1.54, 1.807) is 0 Å². The van der Waals surface area contributed by atoms with Crippen molar-refractivity contribution in [2.45, 2.75) is 25.5 Å². The maximum absolute atomic E-state index is 13.2. The van der Waals surface area contributed by atoms with Crippen molar-refractivity contribution in [2.24, 2.45) is 0 Å². The van der Waals surface area contributed by atoms with Crippen molar-refractivity contribution in [1.82, 2.24) is 9.80 Å². The number of aliphatic hydroxyl groups excluding tert-OH is 2. The van der Waals surface area contributed by atoms with Crippen LogP contribution in [0, 0.1) is 11.6 Å². The van der Waals surface area contributed by atoms with Crippen molar-refractivity contribution in [2.75, 3.05) is 39.3 Å². The maximum atomic E-state index is 13.2.